The van der Waals surface area contributed by atoms with Crippen LogP contribution in [-0.4, -0.2) is 11.2 Å². The van der Waals surface area contributed by atoms with Gasteiger partial charge in [0.05, 0.1) is 18.0 Å². The Morgan fingerprint density at radius 1 is 1.25 bits per heavy atom. The van der Waals surface area contributed by atoms with Gasteiger partial charge in [-0.2, -0.15) is 0 Å². The summed E-state index contributed by atoms with van der Waals surface area (Å²) in [5.41, 5.74) is 2.36. The largest absolute Gasteiger partial charge is 0.513 e. The van der Waals surface area contributed by atoms with Crippen molar-refractivity contribution in [2.24, 2.45) is 0 Å². The van der Waals surface area contributed by atoms with Gasteiger partial charge in [-0.1, -0.05) is 56.5 Å². The summed E-state index contributed by atoms with van der Waals surface area (Å²) in [5, 5.41) is 9.86. The predicted octanol–water partition coefficient (Wildman–Crippen LogP) is 5.32. The molecule has 1 aromatic carbocycles. The van der Waals surface area contributed by atoms with Crippen LogP contribution in [0.1, 0.15) is 64.0 Å². The van der Waals surface area contributed by atoms with Crippen LogP contribution < -0.4 is 0 Å². The first kappa shape index (κ1) is 15.1. The van der Waals surface area contributed by atoms with E-state index in [9.17, 15) is 5.11 Å². The number of rotatable bonds is 5. The van der Waals surface area contributed by atoms with Crippen molar-refractivity contribution in [3.05, 3.63) is 47.2 Å². The molecule has 2 nitrogen and oxygen atoms in total. The van der Waals surface area contributed by atoms with E-state index < -0.39 is 0 Å². The molecule has 1 aromatic rings. The number of unbranched alkanes of at least 4 members (excludes halogenated alkanes) is 2. The summed E-state index contributed by atoms with van der Waals surface area (Å²) >= 11 is 0. The molecule has 0 aliphatic carbocycles. The Hall–Kier alpha value is -1.28. The average Bonchev–Trinajstić information content (AvgIpc) is 2.48. The third-order valence-electron chi connectivity index (χ3n) is 4.10. The zero-order chi connectivity index (χ0) is 14.4. The molecule has 1 fully saturated rings. The fraction of sp³-hybridized carbons (Fsp3) is 0.556. The van der Waals surface area contributed by atoms with Crippen molar-refractivity contribution >= 4 is 0 Å². The third-order valence-corrected chi connectivity index (χ3v) is 4.10. The summed E-state index contributed by atoms with van der Waals surface area (Å²) in [5.74, 6) is 0.456. The second kappa shape index (κ2) is 7.49. The van der Waals surface area contributed by atoms with Gasteiger partial charge in [-0.05, 0) is 37.3 Å². The number of ether oxygens (including phenoxy) is 1. The van der Waals surface area contributed by atoms with Crippen molar-refractivity contribution in [1.82, 2.24) is 0 Å². The topological polar surface area (TPSA) is 29.5 Å². The molecular weight excluding hydrogens is 248 g/mol. The summed E-state index contributed by atoms with van der Waals surface area (Å²) < 4.78 is 6.28. The lowest BCUT2D eigenvalue weighted by molar-refractivity contribution is -0.0277. The maximum Gasteiger partial charge on any atom is 0.0909 e. The van der Waals surface area contributed by atoms with Gasteiger partial charge in [0.25, 0.3) is 0 Å². The van der Waals surface area contributed by atoms with E-state index in [2.05, 4.69) is 31.2 Å². The molecule has 1 N–H and O–H groups in total. The van der Waals surface area contributed by atoms with Crippen LogP contribution in [0.4, 0.5) is 0 Å². The van der Waals surface area contributed by atoms with Crippen molar-refractivity contribution < 1.29 is 9.84 Å². The Kier molecular flexibility index (Phi) is 5.66. The minimum atomic E-state index is 0.0884. The van der Waals surface area contributed by atoms with Crippen LogP contribution in [0.3, 0.4) is 0 Å². The second-order valence-corrected chi connectivity index (χ2v) is 5.67. The van der Waals surface area contributed by atoms with E-state index in [4.69, 9.17) is 4.74 Å². The van der Waals surface area contributed by atoms with E-state index in [1.54, 1.807) is 6.92 Å². The highest BCUT2D eigenvalue weighted by Crippen LogP contribution is 2.37. The molecule has 0 spiro atoms. The molecule has 1 aliphatic rings. The number of aliphatic hydroxyl groups is 1. The quantitative estimate of drug-likeness (QED) is 0.581. The van der Waals surface area contributed by atoms with Crippen molar-refractivity contribution in [2.75, 3.05) is 0 Å². The molecule has 0 unspecified atom stereocenters. The number of hydrogen-bond donors (Lipinski definition) is 1. The molecule has 0 saturated carbocycles. The van der Waals surface area contributed by atoms with Gasteiger partial charge >= 0.3 is 0 Å². The number of aliphatic hydroxyl groups excluding tert-OH is 1. The lowest BCUT2D eigenvalue weighted by atomic mass is 9.91. The van der Waals surface area contributed by atoms with E-state index in [1.807, 2.05) is 6.07 Å². The zero-order valence-corrected chi connectivity index (χ0v) is 12.6. The van der Waals surface area contributed by atoms with Crippen molar-refractivity contribution in [2.45, 2.75) is 64.6 Å². The van der Waals surface area contributed by atoms with Gasteiger partial charge in [0.15, 0.2) is 0 Å². The third kappa shape index (κ3) is 3.86. The fourth-order valence-electron chi connectivity index (χ4n) is 2.94. The molecule has 1 heterocycles. The molecule has 2 atom stereocenters. The maximum absolute atomic E-state index is 9.86. The Morgan fingerprint density at radius 2 is 2.00 bits per heavy atom. The average molecular weight is 274 g/mol. The van der Waals surface area contributed by atoms with Crippen LogP contribution in [0.25, 0.3) is 0 Å². The molecule has 1 aliphatic heterocycles. The Balaban J connectivity index is 2.06. The molecule has 110 valence electrons. The van der Waals surface area contributed by atoms with Crippen LogP contribution in [0.2, 0.25) is 0 Å². The van der Waals surface area contributed by atoms with E-state index in [-0.39, 0.29) is 12.2 Å². The summed E-state index contributed by atoms with van der Waals surface area (Å²) in [6.45, 7) is 4.00. The van der Waals surface area contributed by atoms with E-state index in [0.717, 1.165) is 24.8 Å². The Morgan fingerprint density at radius 3 is 2.65 bits per heavy atom. The van der Waals surface area contributed by atoms with Gasteiger partial charge in [0.2, 0.25) is 0 Å². The number of benzene rings is 1. The van der Waals surface area contributed by atoms with E-state index >= 15 is 0 Å². The SMILES string of the molecule is CCCCC[C@@H]1O[C@H](c2ccccc2)CC/C1=C(/C)O. The summed E-state index contributed by atoms with van der Waals surface area (Å²) in [7, 11) is 0. The van der Waals surface area contributed by atoms with Gasteiger partial charge in [-0.3, -0.25) is 0 Å². The van der Waals surface area contributed by atoms with Crippen molar-refractivity contribution in [3.63, 3.8) is 0 Å². The Bertz CT molecular complexity index is 432. The van der Waals surface area contributed by atoms with Crippen molar-refractivity contribution in [3.8, 4) is 0 Å². The molecule has 2 heteroatoms. The molecule has 1 saturated heterocycles. The minimum absolute atomic E-state index is 0.0884. The summed E-state index contributed by atoms with van der Waals surface area (Å²) in [6.07, 6.45) is 6.79. The fourth-order valence-corrected chi connectivity index (χ4v) is 2.94. The summed E-state index contributed by atoms with van der Waals surface area (Å²) in [6, 6.07) is 10.4. The zero-order valence-electron chi connectivity index (χ0n) is 12.6. The first-order chi connectivity index (χ1) is 9.72. The number of hydrogen-bond acceptors (Lipinski definition) is 2. The van der Waals surface area contributed by atoms with Crippen LogP contribution in [0.15, 0.2) is 41.7 Å². The van der Waals surface area contributed by atoms with Gasteiger partial charge in [-0.25, -0.2) is 0 Å². The highest BCUT2D eigenvalue weighted by Gasteiger charge is 2.28. The molecule has 0 aromatic heterocycles. The van der Waals surface area contributed by atoms with E-state index in [0.29, 0.717) is 5.76 Å². The standard InChI is InChI=1S/C18H26O2/c1-3-4-6-11-18-16(14(2)19)12-13-17(20-18)15-9-7-5-8-10-15/h5,7-10,17-19H,3-4,6,11-13H2,1-2H3/b16-14+/t17-,18-/m0/s1. The smallest absolute Gasteiger partial charge is 0.0909 e. The van der Waals surface area contributed by atoms with Gasteiger partial charge < -0.3 is 9.84 Å². The first-order valence-electron chi connectivity index (χ1n) is 7.81. The highest BCUT2D eigenvalue weighted by atomic mass is 16.5. The van der Waals surface area contributed by atoms with Crippen LogP contribution in [-0.2, 0) is 4.74 Å². The Labute approximate surface area is 122 Å². The van der Waals surface area contributed by atoms with Gasteiger partial charge in [0, 0.05) is 0 Å². The monoisotopic (exact) mass is 274 g/mol. The van der Waals surface area contributed by atoms with Crippen LogP contribution >= 0.6 is 0 Å². The van der Waals surface area contributed by atoms with Crippen LogP contribution in [0, 0.1) is 0 Å². The normalized spacial score (nSPS) is 25.5. The van der Waals surface area contributed by atoms with Crippen LogP contribution in [0.5, 0.6) is 0 Å². The minimum Gasteiger partial charge on any atom is -0.513 e. The van der Waals surface area contributed by atoms with Crippen molar-refractivity contribution in [1.29, 1.82) is 0 Å². The van der Waals surface area contributed by atoms with Gasteiger partial charge in [-0.15, -0.1) is 0 Å². The lowest BCUT2D eigenvalue weighted by Crippen LogP contribution is -2.26. The maximum atomic E-state index is 9.86. The molecule has 2 rings (SSSR count). The highest BCUT2D eigenvalue weighted by molar-refractivity contribution is 5.21. The molecule has 0 bridgehead atoms. The second-order valence-electron chi connectivity index (χ2n) is 5.67. The van der Waals surface area contributed by atoms with E-state index in [1.165, 1.54) is 24.8 Å². The predicted molar refractivity (Wildman–Crippen MR) is 82.8 cm³/mol. The van der Waals surface area contributed by atoms with Gasteiger partial charge in [0.1, 0.15) is 0 Å². The molecule has 0 amide bonds. The summed E-state index contributed by atoms with van der Waals surface area (Å²) in [4.78, 5) is 0. The number of allylic oxidation sites excluding steroid dienone is 1. The molecule has 0 radical (unpaired) electrons. The first-order valence-corrected chi connectivity index (χ1v) is 7.81. The molecular formula is C18H26O2. The lowest BCUT2D eigenvalue weighted by Gasteiger charge is -2.33. The molecule has 20 heavy (non-hydrogen) atoms.